The van der Waals surface area contributed by atoms with Gasteiger partial charge >= 0.3 is 12.0 Å². The smallest absolute Gasteiger partial charge is 0.329 e. The minimum absolute atomic E-state index is 0.325. The molecule has 0 atom stereocenters. The van der Waals surface area contributed by atoms with Crippen molar-refractivity contribution in [3.63, 3.8) is 0 Å². The normalized spacial score (nSPS) is 11.0. The van der Waals surface area contributed by atoms with Gasteiger partial charge in [-0.2, -0.15) is 0 Å². The zero-order valence-corrected chi connectivity index (χ0v) is 12.7. The quantitative estimate of drug-likeness (QED) is 0.620. The van der Waals surface area contributed by atoms with Crippen LogP contribution in [0.15, 0.2) is 24.3 Å². The van der Waals surface area contributed by atoms with Gasteiger partial charge < -0.3 is 21.1 Å². The molecule has 0 aliphatic rings. The summed E-state index contributed by atoms with van der Waals surface area (Å²) in [7, 11) is 1.84. The number of aliphatic carboxylic acids is 1. The number of benzene rings is 1. The van der Waals surface area contributed by atoms with Crippen molar-refractivity contribution in [1.29, 1.82) is 0 Å². The van der Waals surface area contributed by atoms with Gasteiger partial charge in [-0.25, -0.2) is 9.59 Å². The molecule has 0 fully saturated rings. The maximum Gasteiger partial charge on any atom is 0.329 e. The van der Waals surface area contributed by atoms with E-state index in [9.17, 15) is 14.7 Å². The van der Waals surface area contributed by atoms with Gasteiger partial charge in [0.2, 0.25) is 0 Å². The zero-order chi connectivity index (χ0) is 15.9. The Bertz CT molecular complexity index is 499. The summed E-state index contributed by atoms with van der Waals surface area (Å²) in [4.78, 5) is 23.4. The van der Waals surface area contributed by atoms with E-state index in [0.717, 1.165) is 5.56 Å². The summed E-state index contributed by atoms with van der Waals surface area (Å²) in [5.41, 5.74) is 0.435. The van der Waals surface area contributed by atoms with Crippen molar-refractivity contribution in [1.82, 2.24) is 10.6 Å². The lowest BCUT2D eigenvalue weighted by molar-refractivity contribution is -0.144. The third-order valence-corrected chi connectivity index (χ3v) is 3.54. The maximum absolute atomic E-state index is 12.0. The van der Waals surface area contributed by atoms with Crippen LogP contribution in [0.2, 0.25) is 0 Å². The van der Waals surface area contributed by atoms with Crippen molar-refractivity contribution in [2.24, 2.45) is 0 Å². The number of rotatable bonds is 7. The number of urea groups is 1. The molecule has 0 aliphatic heterocycles. The van der Waals surface area contributed by atoms with Crippen molar-refractivity contribution >= 4 is 17.7 Å². The van der Waals surface area contributed by atoms with Gasteiger partial charge in [0.05, 0.1) is 0 Å². The third kappa shape index (κ3) is 4.46. The first-order chi connectivity index (χ1) is 9.97. The van der Waals surface area contributed by atoms with Crippen LogP contribution in [0.5, 0.6) is 0 Å². The molecule has 6 nitrogen and oxygen atoms in total. The van der Waals surface area contributed by atoms with Crippen molar-refractivity contribution in [3.8, 4) is 0 Å². The Hall–Kier alpha value is -2.08. The Morgan fingerprint density at radius 1 is 1.24 bits per heavy atom. The lowest BCUT2D eigenvalue weighted by Gasteiger charge is -2.28. The van der Waals surface area contributed by atoms with E-state index in [2.05, 4.69) is 16.0 Å². The first-order valence-corrected chi connectivity index (χ1v) is 7.03. The van der Waals surface area contributed by atoms with Crippen LogP contribution < -0.4 is 16.0 Å². The van der Waals surface area contributed by atoms with Crippen LogP contribution in [0, 0.1) is 0 Å². The van der Waals surface area contributed by atoms with Gasteiger partial charge in [-0.1, -0.05) is 26.0 Å². The fourth-order valence-electron chi connectivity index (χ4n) is 2.13. The molecule has 0 bridgehead atoms. The summed E-state index contributed by atoms with van der Waals surface area (Å²) in [6.07, 6.45) is 0.651. The minimum atomic E-state index is -1.23. The SMILES string of the molecule is CCC(CC)(NC(=O)Nc1cccc(CNC)c1)C(=O)O. The van der Waals surface area contributed by atoms with Crippen molar-refractivity contribution in [2.45, 2.75) is 38.8 Å². The maximum atomic E-state index is 12.0. The second-order valence-corrected chi connectivity index (χ2v) is 4.90. The number of hydrogen-bond donors (Lipinski definition) is 4. The van der Waals surface area contributed by atoms with E-state index in [1.807, 2.05) is 25.2 Å². The number of nitrogens with one attached hydrogen (secondary N) is 3. The Morgan fingerprint density at radius 3 is 2.43 bits per heavy atom. The summed E-state index contributed by atoms with van der Waals surface area (Å²) in [6, 6.07) is 6.88. The van der Waals surface area contributed by atoms with Crippen molar-refractivity contribution < 1.29 is 14.7 Å². The van der Waals surface area contributed by atoms with Crippen LogP contribution in [0.4, 0.5) is 10.5 Å². The van der Waals surface area contributed by atoms with E-state index in [4.69, 9.17) is 0 Å². The molecule has 116 valence electrons. The van der Waals surface area contributed by atoms with Crippen LogP contribution in [0.25, 0.3) is 0 Å². The van der Waals surface area contributed by atoms with Crippen LogP contribution >= 0.6 is 0 Å². The summed E-state index contributed by atoms with van der Waals surface area (Å²) in [6.45, 7) is 4.18. The van der Waals surface area contributed by atoms with E-state index in [0.29, 0.717) is 25.1 Å². The average molecular weight is 293 g/mol. The fraction of sp³-hybridized carbons (Fsp3) is 0.467. The highest BCUT2D eigenvalue weighted by molar-refractivity contribution is 5.93. The topological polar surface area (TPSA) is 90.5 Å². The standard InChI is InChI=1S/C15H23N3O3/c1-4-15(5-2,13(19)20)18-14(21)17-12-8-6-7-11(9-12)10-16-3/h6-9,16H,4-5,10H2,1-3H3,(H,19,20)(H2,17,18,21). The largest absolute Gasteiger partial charge is 0.480 e. The Balaban J connectivity index is 2.77. The van der Waals surface area contributed by atoms with Crippen LogP contribution in [0.1, 0.15) is 32.3 Å². The van der Waals surface area contributed by atoms with Gasteiger partial charge in [-0.15, -0.1) is 0 Å². The van der Waals surface area contributed by atoms with E-state index in [1.165, 1.54) is 0 Å². The number of carboxylic acid groups (broad SMARTS) is 1. The second kappa shape index (κ2) is 7.64. The van der Waals surface area contributed by atoms with Gasteiger partial charge in [0.1, 0.15) is 5.54 Å². The zero-order valence-electron chi connectivity index (χ0n) is 12.7. The van der Waals surface area contributed by atoms with E-state index in [-0.39, 0.29) is 0 Å². The predicted octanol–water partition coefficient (Wildman–Crippen LogP) is 2.17. The summed E-state index contributed by atoms with van der Waals surface area (Å²) in [5, 5.41) is 17.6. The van der Waals surface area contributed by atoms with Crippen LogP contribution in [-0.4, -0.2) is 29.7 Å². The molecule has 0 aromatic heterocycles. The van der Waals surface area contributed by atoms with E-state index >= 15 is 0 Å². The summed E-state index contributed by atoms with van der Waals surface area (Å²) >= 11 is 0. The van der Waals surface area contributed by atoms with Crippen LogP contribution in [0.3, 0.4) is 0 Å². The van der Waals surface area contributed by atoms with Crippen molar-refractivity contribution in [2.75, 3.05) is 12.4 Å². The molecule has 2 amide bonds. The third-order valence-electron chi connectivity index (χ3n) is 3.54. The lowest BCUT2D eigenvalue weighted by atomic mass is 9.93. The van der Waals surface area contributed by atoms with Gasteiger partial charge in [-0.05, 0) is 37.6 Å². The molecule has 0 aliphatic carbocycles. The highest BCUT2D eigenvalue weighted by Gasteiger charge is 2.36. The molecular formula is C15H23N3O3. The number of carbonyl (C=O) groups is 2. The van der Waals surface area contributed by atoms with Crippen LogP contribution in [-0.2, 0) is 11.3 Å². The predicted molar refractivity (Wildman–Crippen MR) is 82.3 cm³/mol. The van der Waals surface area contributed by atoms with Gasteiger partial charge in [0.25, 0.3) is 0 Å². The van der Waals surface area contributed by atoms with E-state index in [1.54, 1.807) is 19.9 Å². The lowest BCUT2D eigenvalue weighted by Crippen LogP contribution is -2.54. The molecule has 0 saturated carbocycles. The number of anilines is 1. The van der Waals surface area contributed by atoms with Crippen molar-refractivity contribution in [3.05, 3.63) is 29.8 Å². The molecule has 0 heterocycles. The molecule has 21 heavy (non-hydrogen) atoms. The van der Waals surface area contributed by atoms with E-state index < -0.39 is 17.5 Å². The fourth-order valence-corrected chi connectivity index (χ4v) is 2.13. The minimum Gasteiger partial charge on any atom is -0.480 e. The molecule has 4 N–H and O–H groups in total. The van der Waals surface area contributed by atoms with Gasteiger partial charge in [0, 0.05) is 12.2 Å². The van der Waals surface area contributed by atoms with Gasteiger partial charge in [-0.3, -0.25) is 0 Å². The Kier molecular flexibility index (Phi) is 6.17. The molecule has 1 aromatic rings. The number of hydrogen-bond acceptors (Lipinski definition) is 3. The molecule has 0 unspecified atom stereocenters. The molecule has 1 aromatic carbocycles. The monoisotopic (exact) mass is 293 g/mol. The number of amides is 2. The molecule has 1 rings (SSSR count). The molecule has 0 radical (unpaired) electrons. The highest BCUT2D eigenvalue weighted by Crippen LogP contribution is 2.16. The first kappa shape index (κ1) is 17.0. The number of carboxylic acids is 1. The summed E-state index contributed by atoms with van der Waals surface area (Å²) < 4.78 is 0. The molecular weight excluding hydrogens is 270 g/mol. The average Bonchev–Trinajstić information content (AvgIpc) is 2.45. The number of carbonyl (C=O) groups excluding carboxylic acids is 1. The summed E-state index contributed by atoms with van der Waals surface area (Å²) in [5.74, 6) is -1.02. The molecule has 0 spiro atoms. The first-order valence-electron chi connectivity index (χ1n) is 7.03. The Labute approximate surface area is 124 Å². The second-order valence-electron chi connectivity index (χ2n) is 4.90. The Morgan fingerprint density at radius 2 is 1.90 bits per heavy atom. The molecule has 0 saturated heterocycles. The molecule has 6 heteroatoms. The van der Waals surface area contributed by atoms with Gasteiger partial charge in [0.15, 0.2) is 0 Å². The highest BCUT2D eigenvalue weighted by atomic mass is 16.4.